The van der Waals surface area contributed by atoms with Gasteiger partial charge in [0.05, 0.1) is 23.8 Å². The third kappa shape index (κ3) is 6.47. The Kier molecular flexibility index (Phi) is 8.77. The minimum atomic E-state index is -4.46. The van der Waals surface area contributed by atoms with E-state index in [1.807, 2.05) is 24.1 Å². The molecule has 9 rings (SSSR count). The first-order chi connectivity index (χ1) is 24.5. The summed E-state index contributed by atoms with van der Waals surface area (Å²) < 4.78 is 52.5. The van der Waals surface area contributed by atoms with Gasteiger partial charge >= 0.3 is 6.18 Å². The van der Waals surface area contributed by atoms with Gasteiger partial charge in [-0.3, -0.25) is 9.59 Å². The maximum Gasteiger partial charge on any atom is 0.411 e. The third-order valence-electron chi connectivity index (χ3n) is 11.7. The number of methoxy groups -OCH3 is 1. The largest absolute Gasteiger partial charge is 0.494 e. The van der Waals surface area contributed by atoms with E-state index in [0.29, 0.717) is 61.1 Å². The monoisotopic (exact) mass is 706 g/mol. The number of para-hydroxylation sites is 1. The van der Waals surface area contributed by atoms with Gasteiger partial charge in [0.1, 0.15) is 24.5 Å². The zero-order valence-corrected chi connectivity index (χ0v) is 29.1. The van der Waals surface area contributed by atoms with Crippen LogP contribution in [-0.2, 0) is 23.1 Å². The normalized spacial score (nSPS) is 22.7. The number of aromatic nitrogens is 3. The standard InChI is InChI=1S/C38H45F3N6O4/c1-44-35-30(14-26(16-32(35)50-2)37(49)46-19-25-8-9-27(46)17-29(25)42)43-36(44)31-15-24-4-3-5-28(34(24)47(31)18-22-6-7-22)23-10-12-45(13-11-23)33(48)20-51-21-38(39,40)41/h3-5,14-16,22-23,25,27,29H,6-13,17-21,42H2,1-2H3/t25-,27-,29+/m1/s1. The summed E-state index contributed by atoms with van der Waals surface area (Å²) in [6.07, 6.45) is 2.19. The number of aryl methyl sites for hydroxylation is 1. The number of rotatable bonds is 9. The van der Waals surface area contributed by atoms with Crippen molar-refractivity contribution in [1.82, 2.24) is 23.9 Å². The summed E-state index contributed by atoms with van der Waals surface area (Å²) in [4.78, 5) is 35.3. The van der Waals surface area contributed by atoms with E-state index in [4.69, 9.17) is 15.5 Å². The van der Waals surface area contributed by atoms with Gasteiger partial charge < -0.3 is 34.1 Å². The molecule has 10 nitrogen and oxygen atoms in total. The lowest BCUT2D eigenvalue weighted by atomic mass is 9.76. The lowest BCUT2D eigenvalue weighted by molar-refractivity contribution is -0.178. The topological polar surface area (TPSA) is 108 Å². The fraction of sp³-hybridized carbons (Fsp3) is 0.553. The van der Waals surface area contributed by atoms with Crippen LogP contribution < -0.4 is 10.5 Å². The van der Waals surface area contributed by atoms with Crippen LogP contribution in [0.4, 0.5) is 13.2 Å². The molecule has 3 saturated heterocycles. The highest BCUT2D eigenvalue weighted by Crippen LogP contribution is 2.42. The zero-order valence-electron chi connectivity index (χ0n) is 29.1. The summed E-state index contributed by atoms with van der Waals surface area (Å²) in [6.45, 7) is 0.469. The first-order valence-electron chi connectivity index (χ1n) is 18.1. The molecule has 2 aromatic heterocycles. The number of halogens is 3. The van der Waals surface area contributed by atoms with Crippen molar-refractivity contribution in [2.75, 3.05) is 40.0 Å². The predicted octanol–water partition coefficient (Wildman–Crippen LogP) is 5.85. The maximum absolute atomic E-state index is 13.9. The summed E-state index contributed by atoms with van der Waals surface area (Å²) in [7, 11) is 3.62. The molecule has 0 spiro atoms. The van der Waals surface area contributed by atoms with Crippen LogP contribution >= 0.6 is 0 Å². The Hall–Kier alpha value is -4.10. The van der Waals surface area contributed by atoms with Crippen LogP contribution in [0, 0.1) is 11.8 Å². The molecule has 5 aliphatic rings. The molecule has 2 aromatic carbocycles. The summed E-state index contributed by atoms with van der Waals surface area (Å²) in [6, 6.07) is 12.6. The molecule has 0 radical (unpaired) electrons. The minimum Gasteiger partial charge on any atom is -0.494 e. The van der Waals surface area contributed by atoms with Gasteiger partial charge in [-0.15, -0.1) is 0 Å². The number of nitrogens with two attached hydrogens (primary N) is 1. The van der Waals surface area contributed by atoms with E-state index < -0.39 is 25.3 Å². The van der Waals surface area contributed by atoms with Gasteiger partial charge in [-0.1, -0.05) is 18.2 Å². The quantitative estimate of drug-likeness (QED) is 0.234. The number of benzene rings is 2. The van der Waals surface area contributed by atoms with Crippen LogP contribution in [0.15, 0.2) is 36.4 Å². The number of hydrogen-bond donors (Lipinski definition) is 1. The minimum absolute atomic E-state index is 0.00178. The molecule has 3 atom stereocenters. The number of alkyl halides is 3. The van der Waals surface area contributed by atoms with Crippen molar-refractivity contribution in [1.29, 1.82) is 0 Å². The number of likely N-dealkylation sites (tertiary alicyclic amines) is 1. The van der Waals surface area contributed by atoms with E-state index in [0.717, 1.165) is 53.7 Å². The van der Waals surface area contributed by atoms with E-state index in [1.165, 1.54) is 18.4 Å². The van der Waals surface area contributed by atoms with E-state index in [1.54, 1.807) is 12.0 Å². The Labute approximate surface area is 294 Å². The van der Waals surface area contributed by atoms with Gasteiger partial charge in [-0.25, -0.2) is 4.98 Å². The molecule has 272 valence electrons. The van der Waals surface area contributed by atoms with Gasteiger partial charge in [-0.05, 0) is 86.5 Å². The highest BCUT2D eigenvalue weighted by Gasteiger charge is 2.41. The second kappa shape index (κ2) is 13.1. The molecule has 51 heavy (non-hydrogen) atoms. The van der Waals surface area contributed by atoms with E-state index in [-0.39, 0.29) is 23.9 Å². The van der Waals surface area contributed by atoms with Crippen LogP contribution in [0.3, 0.4) is 0 Å². The van der Waals surface area contributed by atoms with Crippen molar-refractivity contribution >= 4 is 33.8 Å². The number of amides is 2. The number of piperidine rings is 3. The van der Waals surface area contributed by atoms with Crippen molar-refractivity contribution in [2.45, 2.75) is 75.7 Å². The molecule has 2 bridgehead atoms. The van der Waals surface area contributed by atoms with E-state index >= 15 is 0 Å². The summed E-state index contributed by atoms with van der Waals surface area (Å²) in [5.74, 6) is 2.08. The molecule has 5 heterocycles. The number of carbonyl (C=O) groups is 2. The van der Waals surface area contributed by atoms with Crippen molar-refractivity contribution in [3.8, 4) is 17.3 Å². The van der Waals surface area contributed by atoms with Gasteiger partial charge in [0, 0.05) is 56.3 Å². The molecule has 3 aliphatic heterocycles. The first-order valence-corrected chi connectivity index (χ1v) is 18.1. The van der Waals surface area contributed by atoms with E-state index in [2.05, 4.69) is 38.1 Å². The Morgan fingerprint density at radius 1 is 1.02 bits per heavy atom. The maximum atomic E-state index is 13.9. The molecule has 0 unspecified atom stereocenters. The third-order valence-corrected chi connectivity index (χ3v) is 11.7. The second-order valence-electron chi connectivity index (χ2n) is 15.0. The fourth-order valence-corrected chi connectivity index (χ4v) is 8.79. The second-order valence-corrected chi connectivity index (χ2v) is 15.0. The summed E-state index contributed by atoms with van der Waals surface area (Å²) >= 11 is 0. The number of hydrogen-bond acceptors (Lipinski definition) is 6. The average Bonchev–Trinajstić information content (AvgIpc) is 3.78. The highest BCUT2D eigenvalue weighted by atomic mass is 19.4. The van der Waals surface area contributed by atoms with Crippen molar-refractivity contribution in [3.63, 3.8) is 0 Å². The molecule has 2 saturated carbocycles. The molecule has 5 fully saturated rings. The summed E-state index contributed by atoms with van der Waals surface area (Å²) in [5.41, 5.74) is 11.8. The molecule has 2 N–H and O–H groups in total. The van der Waals surface area contributed by atoms with Crippen LogP contribution in [0.5, 0.6) is 5.75 Å². The van der Waals surface area contributed by atoms with Gasteiger partial charge in [0.15, 0.2) is 5.82 Å². The van der Waals surface area contributed by atoms with Gasteiger partial charge in [-0.2, -0.15) is 13.2 Å². The molecule has 13 heteroatoms. The van der Waals surface area contributed by atoms with Crippen molar-refractivity contribution in [3.05, 3.63) is 47.5 Å². The lowest BCUT2D eigenvalue weighted by Gasteiger charge is -2.48. The number of nitrogens with zero attached hydrogens (tertiary/aromatic N) is 5. The van der Waals surface area contributed by atoms with Crippen LogP contribution in [-0.4, -0.2) is 94.0 Å². The number of fused-ring (bicyclic) bond motifs is 5. The molecule has 2 aliphatic carbocycles. The van der Waals surface area contributed by atoms with Gasteiger partial charge in [0.2, 0.25) is 5.91 Å². The first kappa shape index (κ1) is 34.0. The predicted molar refractivity (Wildman–Crippen MR) is 186 cm³/mol. The molecular formula is C38H45F3N6O4. The van der Waals surface area contributed by atoms with Crippen LogP contribution in [0.1, 0.15) is 66.8 Å². The Morgan fingerprint density at radius 3 is 2.47 bits per heavy atom. The average molecular weight is 707 g/mol. The van der Waals surface area contributed by atoms with Crippen LogP contribution in [0.25, 0.3) is 33.5 Å². The summed E-state index contributed by atoms with van der Waals surface area (Å²) in [5, 5.41) is 1.11. The van der Waals surface area contributed by atoms with Crippen molar-refractivity contribution < 1.29 is 32.2 Å². The lowest BCUT2D eigenvalue weighted by Crippen LogP contribution is -2.58. The zero-order chi connectivity index (χ0) is 35.6. The number of carbonyl (C=O) groups excluding carboxylic acids is 2. The SMILES string of the molecule is COc1cc(C(=O)N2C[C@H]3CC[C@@H]2C[C@@H]3N)cc2nc(-c3cc4cccc(C5CCN(C(=O)COCC(F)(F)F)CC5)c4n3CC3CC3)n(C)c12. The molecule has 2 amide bonds. The highest BCUT2D eigenvalue weighted by molar-refractivity contribution is 6.00. The number of ether oxygens (including phenoxy) is 2. The van der Waals surface area contributed by atoms with Gasteiger partial charge in [0.25, 0.3) is 5.91 Å². The van der Waals surface area contributed by atoms with E-state index in [9.17, 15) is 22.8 Å². The molecular weight excluding hydrogens is 661 g/mol. The Balaban J connectivity index is 1.10. The van der Waals surface area contributed by atoms with Crippen LogP contribution in [0.2, 0.25) is 0 Å². The fourth-order valence-electron chi connectivity index (χ4n) is 8.79. The smallest absolute Gasteiger partial charge is 0.411 e. The molecule has 4 aromatic rings. The number of imidazole rings is 1. The van der Waals surface area contributed by atoms with Crippen molar-refractivity contribution in [2.24, 2.45) is 24.6 Å². The Bertz CT molecular complexity index is 1980. The Morgan fingerprint density at radius 2 is 1.80 bits per heavy atom.